The summed E-state index contributed by atoms with van der Waals surface area (Å²) in [7, 11) is 0. The second-order valence-corrected chi connectivity index (χ2v) is 7.57. The summed E-state index contributed by atoms with van der Waals surface area (Å²) >= 11 is 1.28. The summed E-state index contributed by atoms with van der Waals surface area (Å²) in [5, 5.41) is 12.7. The fourth-order valence-corrected chi connectivity index (χ4v) is 4.91. The molecule has 124 valence electrons. The first kappa shape index (κ1) is 15.3. The molecule has 2 aromatic rings. The molecule has 0 spiro atoms. The maximum absolute atomic E-state index is 12.7. The van der Waals surface area contributed by atoms with Gasteiger partial charge in [0.2, 0.25) is 0 Å². The fourth-order valence-electron chi connectivity index (χ4n) is 3.81. The third-order valence-electron chi connectivity index (χ3n) is 5.12. The molecule has 2 aromatic heterocycles. The van der Waals surface area contributed by atoms with Gasteiger partial charge >= 0.3 is 0 Å². The van der Waals surface area contributed by atoms with E-state index >= 15 is 0 Å². The number of amides is 1. The average molecular weight is 342 g/mol. The summed E-state index contributed by atoms with van der Waals surface area (Å²) in [4.78, 5) is 31.1. The van der Waals surface area contributed by atoms with E-state index < -0.39 is 0 Å². The first-order chi connectivity index (χ1) is 11.6. The molecule has 24 heavy (non-hydrogen) atoms. The van der Waals surface area contributed by atoms with E-state index in [1.165, 1.54) is 11.3 Å². The molecule has 4 rings (SSSR count). The summed E-state index contributed by atoms with van der Waals surface area (Å²) in [6.07, 6.45) is 4.40. The molecule has 3 heterocycles. The maximum atomic E-state index is 12.7. The zero-order chi connectivity index (χ0) is 16.8. The third kappa shape index (κ3) is 2.25. The van der Waals surface area contributed by atoms with Gasteiger partial charge < -0.3 is 5.32 Å². The smallest absolute Gasteiger partial charge is 0.262 e. The van der Waals surface area contributed by atoms with Crippen LogP contribution in [0.5, 0.6) is 0 Å². The standard InChI is InChI=1S/C17H18N4O2S/c1-9-13-16(20-12-6-3-7-21(12)17(13)23)24-14(9)15(22)19-11-5-2-4-10(11)8-18/h10-11H,2-7H2,1H3,(H,19,22)/t10-,11+/m0/s1. The van der Waals surface area contributed by atoms with Crippen LogP contribution in [0.2, 0.25) is 0 Å². The van der Waals surface area contributed by atoms with Crippen molar-refractivity contribution < 1.29 is 4.79 Å². The minimum atomic E-state index is -0.188. The summed E-state index contributed by atoms with van der Waals surface area (Å²) in [6, 6.07) is 2.18. The number of carbonyl (C=O) groups is 1. The Bertz CT molecular complexity index is 937. The molecule has 0 radical (unpaired) electrons. The summed E-state index contributed by atoms with van der Waals surface area (Å²) in [5.74, 6) is 0.518. The molecule has 0 unspecified atom stereocenters. The van der Waals surface area contributed by atoms with Crippen LogP contribution in [0.3, 0.4) is 0 Å². The average Bonchev–Trinajstić information content (AvgIpc) is 3.26. The SMILES string of the molecule is Cc1c(C(=O)N[C@@H]2CCC[C@H]2C#N)sc2nc3n(c(=O)c12)CCC3. The summed E-state index contributed by atoms with van der Waals surface area (Å²) in [5.41, 5.74) is 0.676. The van der Waals surface area contributed by atoms with Crippen molar-refractivity contribution in [2.45, 2.75) is 51.6 Å². The maximum Gasteiger partial charge on any atom is 0.262 e. The van der Waals surface area contributed by atoms with E-state index in [4.69, 9.17) is 5.26 Å². The Morgan fingerprint density at radius 2 is 2.25 bits per heavy atom. The number of nitrogens with zero attached hydrogens (tertiary/aromatic N) is 3. The Morgan fingerprint density at radius 1 is 1.42 bits per heavy atom. The third-order valence-corrected chi connectivity index (χ3v) is 6.30. The van der Waals surface area contributed by atoms with Crippen LogP contribution in [0.1, 0.15) is 46.7 Å². The van der Waals surface area contributed by atoms with Gasteiger partial charge in [0, 0.05) is 19.0 Å². The lowest BCUT2D eigenvalue weighted by Crippen LogP contribution is -2.36. The lowest BCUT2D eigenvalue weighted by atomic mass is 10.1. The van der Waals surface area contributed by atoms with Gasteiger partial charge in [-0.15, -0.1) is 11.3 Å². The number of nitrogens with one attached hydrogen (secondary N) is 1. The predicted octanol–water partition coefficient (Wildman–Crippen LogP) is 2.13. The van der Waals surface area contributed by atoms with E-state index in [1.54, 1.807) is 4.57 Å². The normalized spacial score (nSPS) is 22.5. The molecular weight excluding hydrogens is 324 g/mol. The minimum Gasteiger partial charge on any atom is -0.347 e. The Labute approximate surface area is 143 Å². The van der Waals surface area contributed by atoms with E-state index in [2.05, 4.69) is 16.4 Å². The molecule has 7 heteroatoms. The lowest BCUT2D eigenvalue weighted by Gasteiger charge is -2.15. The lowest BCUT2D eigenvalue weighted by molar-refractivity contribution is 0.0936. The van der Waals surface area contributed by atoms with Gasteiger partial charge in [0.15, 0.2) is 0 Å². The second-order valence-electron chi connectivity index (χ2n) is 6.57. The van der Waals surface area contributed by atoms with Gasteiger partial charge in [-0.3, -0.25) is 14.2 Å². The molecule has 0 bridgehead atoms. The van der Waals surface area contributed by atoms with Crippen molar-refractivity contribution in [1.29, 1.82) is 5.26 Å². The highest BCUT2D eigenvalue weighted by Crippen LogP contribution is 2.30. The number of hydrogen-bond donors (Lipinski definition) is 1. The van der Waals surface area contributed by atoms with Crippen molar-refractivity contribution in [2.75, 3.05) is 0 Å². The molecule has 1 amide bonds. The van der Waals surface area contributed by atoms with Crippen molar-refractivity contribution in [1.82, 2.24) is 14.9 Å². The Morgan fingerprint density at radius 3 is 3.04 bits per heavy atom. The van der Waals surface area contributed by atoms with E-state index in [0.29, 0.717) is 27.2 Å². The second kappa shape index (κ2) is 5.71. The monoisotopic (exact) mass is 342 g/mol. The molecule has 0 saturated heterocycles. The number of hydrogen-bond acceptors (Lipinski definition) is 5. The summed E-state index contributed by atoms with van der Waals surface area (Å²) in [6.45, 7) is 2.52. The number of nitriles is 1. The summed E-state index contributed by atoms with van der Waals surface area (Å²) < 4.78 is 1.73. The van der Waals surface area contributed by atoms with Gasteiger partial charge in [0.25, 0.3) is 11.5 Å². The van der Waals surface area contributed by atoms with E-state index in [1.807, 2.05) is 6.92 Å². The van der Waals surface area contributed by atoms with Crippen molar-refractivity contribution in [3.63, 3.8) is 0 Å². The number of fused-ring (bicyclic) bond motifs is 2. The highest BCUT2D eigenvalue weighted by Gasteiger charge is 2.30. The van der Waals surface area contributed by atoms with Crippen LogP contribution in [0, 0.1) is 24.2 Å². The minimum absolute atomic E-state index is 0.0314. The number of aromatic nitrogens is 2. The van der Waals surface area contributed by atoms with Crippen molar-refractivity contribution >= 4 is 27.5 Å². The van der Waals surface area contributed by atoms with Crippen LogP contribution in [0.15, 0.2) is 4.79 Å². The fraction of sp³-hybridized carbons (Fsp3) is 0.529. The Hall–Kier alpha value is -2.20. The van der Waals surface area contributed by atoms with E-state index in [9.17, 15) is 9.59 Å². The van der Waals surface area contributed by atoms with Crippen molar-refractivity contribution in [3.05, 3.63) is 26.6 Å². The highest BCUT2D eigenvalue weighted by atomic mass is 32.1. The molecule has 1 aliphatic carbocycles. The van der Waals surface area contributed by atoms with Crippen molar-refractivity contribution in [2.24, 2.45) is 5.92 Å². The quantitative estimate of drug-likeness (QED) is 0.905. The van der Waals surface area contributed by atoms with Gasteiger partial charge in [-0.05, 0) is 38.2 Å². The van der Waals surface area contributed by atoms with Gasteiger partial charge in [0.1, 0.15) is 10.7 Å². The molecule has 6 nitrogen and oxygen atoms in total. The van der Waals surface area contributed by atoms with Crippen LogP contribution in [0.4, 0.5) is 0 Å². The molecule has 0 aromatic carbocycles. The van der Waals surface area contributed by atoms with Gasteiger partial charge in [0.05, 0.1) is 22.3 Å². The first-order valence-corrected chi connectivity index (χ1v) is 9.15. The Kier molecular flexibility index (Phi) is 3.65. The van der Waals surface area contributed by atoms with Gasteiger partial charge in [-0.2, -0.15) is 5.26 Å². The number of carbonyl (C=O) groups excluding carboxylic acids is 1. The van der Waals surface area contributed by atoms with E-state index in [-0.39, 0.29) is 23.4 Å². The molecule has 1 fully saturated rings. The molecular formula is C17H18N4O2S. The highest BCUT2D eigenvalue weighted by molar-refractivity contribution is 7.20. The van der Waals surface area contributed by atoms with Gasteiger partial charge in [-0.25, -0.2) is 4.98 Å². The van der Waals surface area contributed by atoms with E-state index in [0.717, 1.165) is 37.9 Å². The molecule has 1 N–H and O–H groups in total. The van der Waals surface area contributed by atoms with Crippen LogP contribution >= 0.6 is 11.3 Å². The number of aryl methyl sites for hydroxylation is 2. The number of thiophene rings is 1. The van der Waals surface area contributed by atoms with Crippen molar-refractivity contribution in [3.8, 4) is 6.07 Å². The predicted molar refractivity (Wildman–Crippen MR) is 91.1 cm³/mol. The molecule has 1 saturated carbocycles. The largest absolute Gasteiger partial charge is 0.347 e. The van der Waals surface area contributed by atoms with Crippen LogP contribution in [-0.2, 0) is 13.0 Å². The number of rotatable bonds is 2. The topological polar surface area (TPSA) is 87.8 Å². The zero-order valence-electron chi connectivity index (χ0n) is 13.5. The molecule has 2 atom stereocenters. The van der Waals surface area contributed by atoms with Crippen LogP contribution in [0.25, 0.3) is 10.2 Å². The van der Waals surface area contributed by atoms with Crippen LogP contribution < -0.4 is 10.9 Å². The molecule has 1 aliphatic heterocycles. The zero-order valence-corrected chi connectivity index (χ0v) is 14.3. The first-order valence-electron chi connectivity index (χ1n) is 8.33. The van der Waals surface area contributed by atoms with Gasteiger partial charge in [-0.1, -0.05) is 0 Å². The Balaban J connectivity index is 1.71. The van der Waals surface area contributed by atoms with Crippen LogP contribution in [-0.4, -0.2) is 21.5 Å². The molecule has 2 aliphatic rings.